The average molecular weight is 363 g/mol. The maximum absolute atomic E-state index is 12.7. The quantitative estimate of drug-likeness (QED) is 0.871. The largest absolute Gasteiger partial charge is 0.387 e. The Hall–Kier alpha value is -2.19. The van der Waals surface area contributed by atoms with E-state index in [0.29, 0.717) is 25.9 Å². The Morgan fingerprint density at radius 2 is 1.92 bits per heavy atom. The molecule has 0 spiro atoms. The first kappa shape index (κ1) is 17.6. The summed E-state index contributed by atoms with van der Waals surface area (Å²) >= 11 is 1.53. The summed E-state index contributed by atoms with van der Waals surface area (Å²) in [5.74, 6) is -0.212. The standard InChI is InChI=1S/C17H21N3O4S/c1-18-12(10-14(21)19(2)17(18)24)16(23)20-7-5-11(6-8-20)15(22)13-4-3-9-25-13/h3-4,9-11,15,22H,5-8H2,1-2H3. The highest BCUT2D eigenvalue weighted by atomic mass is 32.1. The second kappa shape index (κ2) is 6.97. The molecule has 1 aliphatic rings. The minimum absolute atomic E-state index is 0.102. The molecule has 2 aromatic rings. The molecule has 134 valence electrons. The number of amides is 1. The molecule has 1 amide bonds. The molecule has 1 aliphatic heterocycles. The summed E-state index contributed by atoms with van der Waals surface area (Å²) in [5.41, 5.74) is -0.904. The summed E-state index contributed by atoms with van der Waals surface area (Å²) in [4.78, 5) is 39.1. The van der Waals surface area contributed by atoms with E-state index in [0.717, 1.165) is 9.44 Å². The van der Waals surface area contributed by atoms with Crippen LogP contribution < -0.4 is 11.2 Å². The van der Waals surface area contributed by atoms with Crippen molar-refractivity contribution in [2.24, 2.45) is 20.0 Å². The van der Waals surface area contributed by atoms with Gasteiger partial charge < -0.3 is 10.0 Å². The minimum atomic E-state index is -0.515. The van der Waals surface area contributed by atoms with Gasteiger partial charge in [0.15, 0.2) is 0 Å². The molecule has 0 aromatic carbocycles. The van der Waals surface area contributed by atoms with E-state index in [1.54, 1.807) is 4.90 Å². The third-order valence-corrected chi connectivity index (χ3v) is 5.80. The summed E-state index contributed by atoms with van der Waals surface area (Å²) in [5, 5.41) is 12.4. The first-order chi connectivity index (χ1) is 11.9. The van der Waals surface area contributed by atoms with E-state index in [9.17, 15) is 19.5 Å². The molecule has 1 atom stereocenters. The second-order valence-electron chi connectivity index (χ2n) is 6.36. The summed E-state index contributed by atoms with van der Waals surface area (Å²) in [7, 11) is 2.87. The van der Waals surface area contributed by atoms with Gasteiger partial charge in [-0.05, 0) is 30.2 Å². The first-order valence-electron chi connectivity index (χ1n) is 8.18. The fourth-order valence-corrected chi connectivity index (χ4v) is 4.01. The van der Waals surface area contributed by atoms with Crippen LogP contribution in [-0.4, -0.2) is 38.1 Å². The Morgan fingerprint density at radius 1 is 1.24 bits per heavy atom. The Morgan fingerprint density at radius 3 is 2.52 bits per heavy atom. The molecule has 1 saturated heterocycles. The maximum Gasteiger partial charge on any atom is 0.331 e. The fraction of sp³-hybridized carbons (Fsp3) is 0.471. The Bertz CT molecular complexity index is 876. The van der Waals surface area contributed by atoms with Crippen molar-refractivity contribution in [2.45, 2.75) is 18.9 Å². The number of carbonyl (C=O) groups is 1. The fourth-order valence-electron chi connectivity index (χ4n) is 3.21. The Balaban J connectivity index is 1.72. The number of aliphatic hydroxyl groups excluding tert-OH is 1. The van der Waals surface area contributed by atoms with Crippen LogP contribution in [0.25, 0.3) is 0 Å². The number of aliphatic hydroxyl groups is 1. The molecule has 8 heteroatoms. The zero-order chi connectivity index (χ0) is 18.1. The van der Waals surface area contributed by atoms with Crippen molar-refractivity contribution < 1.29 is 9.90 Å². The number of aromatic nitrogens is 2. The molecule has 0 bridgehead atoms. The lowest BCUT2D eigenvalue weighted by Gasteiger charge is -2.34. The van der Waals surface area contributed by atoms with Crippen molar-refractivity contribution in [3.8, 4) is 0 Å². The highest BCUT2D eigenvalue weighted by Crippen LogP contribution is 2.33. The highest BCUT2D eigenvalue weighted by Gasteiger charge is 2.30. The van der Waals surface area contributed by atoms with Gasteiger partial charge in [-0.1, -0.05) is 6.07 Å². The molecule has 1 N–H and O–H groups in total. The normalized spacial score (nSPS) is 16.8. The predicted molar refractivity (Wildman–Crippen MR) is 94.8 cm³/mol. The summed E-state index contributed by atoms with van der Waals surface area (Å²) in [6, 6.07) is 5.04. The van der Waals surface area contributed by atoms with Crippen molar-refractivity contribution in [1.29, 1.82) is 0 Å². The van der Waals surface area contributed by atoms with Crippen LogP contribution in [0.5, 0.6) is 0 Å². The molecular weight excluding hydrogens is 342 g/mol. The van der Waals surface area contributed by atoms with Crippen LogP contribution in [0.1, 0.15) is 34.3 Å². The molecule has 7 nitrogen and oxygen atoms in total. The van der Waals surface area contributed by atoms with Gasteiger partial charge in [0.2, 0.25) is 0 Å². The smallest absolute Gasteiger partial charge is 0.331 e. The number of hydrogen-bond acceptors (Lipinski definition) is 5. The van der Waals surface area contributed by atoms with E-state index in [1.807, 2.05) is 17.5 Å². The van der Waals surface area contributed by atoms with Crippen LogP contribution in [-0.2, 0) is 14.1 Å². The van der Waals surface area contributed by atoms with Gasteiger partial charge in [0.1, 0.15) is 5.69 Å². The van der Waals surface area contributed by atoms with Gasteiger partial charge in [0, 0.05) is 38.1 Å². The van der Waals surface area contributed by atoms with Gasteiger partial charge in [-0.2, -0.15) is 0 Å². The number of carbonyl (C=O) groups excluding carboxylic acids is 1. The molecule has 1 fully saturated rings. The average Bonchev–Trinajstić information content (AvgIpc) is 3.16. The van der Waals surface area contributed by atoms with Crippen molar-refractivity contribution in [2.75, 3.05) is 13.1 Å². The van der Waals surface area contributed by atoms with Gasteiger partial charge in [0.05, 0.1) is 6.10 Å². The molecule has 1 unspecified atom stereocenters. The molecule has 0 radical (unpaired) electrons. The molecule has 25 heavy (non-hydrogen) atoms. The number of thiophene rings is 1. The maximum atomic E-state index is 12.7. The predicted octanol–water partition coefficient (Wildman–Crippen LogP) is 0.731. The van der Waals surface area contributed by atoms with Crippen LogP contribution >= 0.6 is 11.3 Å². The van der Waals surface area contributed by atoms with Gasteiger partial charge in [-0.15, -0.1) is 11.3 Å². The van der Waals surface area contributed by atoms with E-state index in [4.69, 9.17) is 0 Å². The van der Waals surface area contributed by atoms with Crippen molar-refractivity contribution in [3.05, 3.63) is 55.0 Å². The Labute approximate surface area is 148 Å². The second-order valence-corrected chi connectivity index (χ2v) is 7.34. The lowest BCUT2D eigenvalue weighted by molar-refractivity contribution is 0.0466. The molecule has 3 heterocycles. The molecule has 3 rings (SSSR count). The zero-order valence-electron chi connectivity index (χ0n) is 14.2. The van der Waals surface area contributed by atoms with Gasteiger partial charge >= 0.3 is 5.69 Å². The number of rotatable bonds is 3. The third kappa shape index (κ3) is 3.32. The summed E-state index contributed by atoms with van der Waals surface area (Å²) in [6.45, 7) is 0.991. The van der Waals surface area contributed by atoms with E-state index < -0.39 is 17.4 Å². The van der Waals surface area contributed by atoms with Gasteiger partial charge in [-0.3, -0.25) is 18.7 Å². The lowest BCUT2D eigenvalue weighted by Crippen LogP contribution is -2.45. The third-order valence-electron chi connectivity index (χ3n) is 4.85. The number of piperidine rings is 1. The molecule has 0 saturated carbocycles. The highest BCUT2D eigenvalue weighted by molar-refractivity contribution is 7.10. The van der Waals surface area contributed by atoms with Crippen LogP contribution in [0.4, 0.5) is 0 Å². The number of likely N-dealkylation sites (tertiary alicyclic amines) is 1. The van der Waals surface area contributed by atoms with Gasteiger partial charge in [0.25, 0.3) is 11.5 Å². The SMILES string of the molecule is Cn1c(C(=O)N2CCC(C(O)c3cccs3)CC2)cc(=O)n(C)c1=O. The summed E-state index contributed by atoms with van der Waals surface area (Å²) < 4.78 is 2.18. The van der Waals surface area contributed by atoms with E-state index >= 15 is 0 Å². The van der Waals surface area contributed by atoms with Crippen LogP contribution in [0.2, 0.25) is 0 Å². The van der Waals surface area contributed by atoms with Crippen molar-refractivity contribution in [3.63, 3.8) is 0 Å². The number of nitrogens with zero attached hydrogens (tertiary/aromatic N) is 3. The van der Waals surface area contributed by atoms with Crippen LogP contribution in [0, 0.1) is 5.92 Å². The van der Waals surface area contributed by atoms with E-state index in [-0.39, 0.29) is 17.5 Å². The molecular formula is C17H21N3O4S. The van der Waals surface area contributed by atoms with Crippen LogP contribution in [0.3, 0.4) is 0 Å². The molecule has 2 aromatic heterocycles. The van der Waals surface area contributed by atoms with Crippen molar-refractivity contribution >= 4 is 17.2 Å². The zero-order valence-corrected chi connectivity index (χ0v) is 15.0. The Kier molecular flexibility index (Phi) is 4.91. The van der Waals surface area contributed by atoms with Crippen molar-refractivity contribution in [1.82, 2.24) is 14.0 Å². The first-order valence-corrected chi connectivity index (χ1v) is 9.06. The van der Waals surface area contributed by atoms with Gasteiger partial charge in [-0.25, -0.2) is 4.79 Å². The lowest BCUT2D eigenvalue weighted by atomic mass is 9.90. The van der Waals surface area contributed by atoms with Crippen LogP contribution in [0.15, 0.2) is 33.2 Å². The summed E-state index contributed by atoms with van der Waals surface area (Å²) in [6.07, 6.45) is 0.860. The topological polar surface area (TPSA) is 84.5 Å². The van der Waals surface area contributed by atoms with E-state index in [1.165, 1.54) is 36.1 Å². The minimum Gasteiger partial charge on any atom is -0.387 e. The molecule has 0 aliphatic carbocycles. The number of hydrogen-bond donors (Lipinski definition) is 1. The van der Waals surface area contributed by atoms with E-state index in [2.05, 4.69) is 0 Å². The monoisotopic (exact) mass is 363 g/mol.